The van der Waals surface area contributed by atoms with Gasteiger partial charge in [-0.2, -0.15) is 0 Å². The first-order chi connectivity index (χ1) is 9.69. The highest BCUT2D eigenvalue weighted by Crippen LogP contribution is 2.25. The van der Waals surface area contributed by atoms with E-state index in [1.54, 1.807) is 0 Å². The molecule has 0 saturated heterocycles. The number of allylic oxidation sites excluding steroid dienone is 1. The number of nitrogens with zero attached hydrogens (tertiary/aromatic N) is 2. The Morgan fingerprint density at radius 3 is 2.45 bits per heavy atom. The molecule has 0 aliphatic heterocycles. The topological polar surface area (TPSA) is 17.3 Å². The minimum atomic E-state index is 0.813. The molecule has 1 aromatic carbocycles. The summed E-state index contributed by atoms with van der Waals surface area (Å²) >= 11 is 0. The van der Waals surface area contributed by atoms with E-state index in [-0.39, 0.29) is 0 Å². The molecule has 100 valence electrons. The minimum Gasteiger partial charge on any atom is -0.303 e. The molecule has 0 amide bonds. The highest BCUT2D eigenvalue weighted by Gasteiger charge is 2.12. The van der Waals surface area contributed by atoms with Crippen LogP contribution < -0.4 is 0 Å². The molecule has 20 heavy (non-hydrogen) atoms. The monoisotopic (exact) mass is 262 g/mol. The molecule has 2 aromatic heterocycles. The second-order valence-corrected chi connectivity index (χ2v) is 5.20. The van der Waals surface area contributed by atoms with Crippen molar-refractivity contribution in [1.29, 1.82) is 0 Å². The molecule has 0 saturated carbocycles. The molecule has 2 heterocycles. The molecule has 0 unspecified atom stereocenters. The lowest BCUT2D eigenvalue weighted by molar-refractivity contribution is 1.04. The second kappa shape index (κ2) is 4.97. The number of benzene rings is 1. The van der Waals surface area contributed by atoms with Gasteiger partial charge in [-0.1, -0.05) is 42.0 Å². The van der Waals surface area contributed by atoms with E-state index >= 15 is 0 Å². The predicted molar refractivity (Wildman–Crippen MR) is 84.0 cm³/mol. The van der Waals surface area contributed by atoms with E-state index in [4.69, 9.17) is 4.98 Å². The lowest BCUT2D eigenvalue weighted by Crippen LogP contribution is -1.93. The molecule has 0 atom stereocenters. The Balaban J connectivity index is 2.26. The Labute approximate surface area is 119 Å². The van der Waals surface area contributed by atoms with Crippen molar-refractivity contribution in [2.24, 2.45) is 0 Å². The van der Waals surface area contributed by atoms with Gasteiger partial charge >= 0.3 is 0 Å². The maximum atomic E-state index is 4.79. The van der Waals surface area contributed by atoms with Crippen LogP contribution >= 0.6 is 0 Å². The first-order valence-electron chi connectivity index (χ1n) is 6.84. The fourth-order valence-electron chi connectivity index (χ4n) is 2.47. The summed E-state index contributed by atoms with van der Waals surface area (Å²) in [5, 5.41) is 0. The Morgan fingerprint density at radius 1 is 1.05 bits per heavy atom. The number of aryl methyl sites for hydroxylation is 2. The van der Waals surface area contributed by atoms with Gasteiger partial charge in [0.2, 0.25) is 0 Å². The van der Waals surface area contributed by atoms with Gasteiger partial charge in [0, 0.05) is 18.2 Å². The lowest BCUT2D eigenvalue weighted by Gasteiger charge is -2.04. The molecule has 2 heteroatoms. The zero-order valence-corrected chi connectivity index (χ0v) is 11.9. The van der Waals surface area contributed by atoms with Gasteiger partial charge in [-0.05, 0) is 25.5 Å². The lowest BCUT2D eigenvalue weighted by atomic mass is 10.1. The van der Waals surface area contributed by atoms with Crippen LogP contribution in [0.4, 0.5) is 0 Å². The highest BCUT2D eigenvalue weighted by molar-refractivity contribution is 5.67. The average Bonchev–Trinajstić information content (AvgIpc) is 2.79. The first kappa shape index (κ1) is 12.7. The van der Waals surface area contributed by atoms with Crippen LogP contribution in [0.1, 0.15) is 16.8 Å². The Kier molecular flexibility index (Phi) is 3.15. The first-order valence-corrected chi connectivity index (χ1v) is 6.84. The van der Waals surface area contributed by atoms with Gasteiger partial charge in [-0.3, -0.25) is 0 Å². The third-order valence-corrected chi connectivity index (χ3v) is 3.53. The van der Waals surface area contributed by atoms with Crippen LogP contribution in [0.5, 0.6) is 0 Å². The number of hydrogen-bond donors (Lipinski definition) is 0. The summed E-state index contributed by atoms with van der Waals surface area (Å²) in [4.78, 5) is 4.79. The van der Waals surface area contributed by atoms with Crippen molar-refractivity contribution in [1.82, 2.24) is 9.38 Å². The molecule has 2 nitrogen and oxygen atoms in total. The summed E-state index contributed by atoms with van der Waals surface area (Å²) in [5.74, 6) is 0. The van der Waals surface area contributed by atoms with Gasteiger partial charge in [-0.25, -0.2) is 4.98 Å². The summed E-state index contributed by atoms with van der Waals surface area (Å²) < 4.78 is 2.17. The third kappa shape index (κ3) is 2.14. The molecule has 0 fully saturated rings. The minimum absolute atomic E-state index is 0.813. The summed E-state index contributed by atoms with van der Waals surface area (Å²) in [6.45, 7) is 8.07. The molecule has 0 radical (unpaired) electrons. The fraction of sp³-hybridized carbons (Fsp3) is 0.167. The van der Waals surface area contributed by atoms with Crippen LogP contribution in [0.15, 0.2) is 55.3 Å². The standard InChI is InChI=1S/C18H18N2/c1-4-5-16-18(15-9-6-13(2)7-10-15)19-17-11-8-14(3)12-20(16)17/h4,6-12H,1,5H2,2-3H3. The van der Waals surface area contributed by atoms with Gasteiger partial charge in [-0.15, -0.1) is 6.58 Å². The smallest absolute Gasteiger partial charge is 0.137 e. The van der Waals surface area contributed by atoms with Crippen LogP contribution in [-0.4, -0.2) is 9.38 Å². The summed E-state index contributed by atoms with van der Waals surface area (Å²) in [6, 6.07) is 12.7. The molecular weight excluding hydrogens is 244 g/mol. The number of pyridine rings is 1. The van der Waals surface area contributed by atoms with E-state index in [0.29, 0.717) is 0 Å². The van der Waals surface area contributed by atoms with Crippen molar-refractivity contribution >= 4 is 5.65 Å². The van der Waals surface area contributed by atoms with E-state index in [1.165, 1.54) is 16.8 Å². The van der Waals surface area contributed by atoms with E-state index in [1.807, 2.05) is 6.08 Å². The fourth-order valence-corrected chi connectivity index (χ4v) is 2.47. The van der Waals surface area contributed by atoms with Gasteiger partial charge in [0.1, 0.15) is 5.65 Å². The molecular formula is C18H18N2. The largest absolute Gasteiger partial charge is 0.303 e. The Hall–Kier alpha value is -2.35. The number of rotatable bonds is 3. The van der Waals surface area contributed by atoms with Crippen LogP contribution in [0.2, 0.25) is 0 Å². The maximum absolute atomic E-state index is 4.79. The normalized spacial score (nSPS) is 10.9. The average molecular weight is 262 g/mol. The summed E-state index contributed by atoms with van der Waals surface area (Å²) in [5.41, 5.74) is 6.89. The molecule has 0 aliphatic rings. The second-order valence-electron chi connectivity index (χ2n) is 5.20. The zero-order valence-electron chi connectivity index (χ0n) is 11.9. The molecule has 3 aromatic rings. The third-order valence-electron chi connectivity index (χ3n) is 3.53. The molecule has 0 spiro atoms. The SMILES string of the molecule is C=CCc1c(-c2ccc(C)cc2)nc2ccc(C)cn12. The van der Waals surface area contributed by atoms with Crippen molar-refractivity contribution in [3.8, 4) is 11.3 Å². The number of aromatic nitrogens is 2. The number of fused-ring (bicyclic) bond motifs is 1. The van der Waals surface area contributed by atoms with E-state index in [0.717, 1.165) is 23.3 Å². The van der Waals surface area contributed by atoms with Crippen molar-refractivity contribution < 1.29 is 0 Å². The van der Waals surface area contributed by atoms with Gasteiger partial charge in [0.15, 0.2) is 0 Å². The Morgan fingerprint density at radius 2 is 1.75 bits per heavy atom. The Bertz CT molecular complexity index is 764. The van der Waals surface area contributed by atoms with Gasteiger partial charge in [0.05, 0.1) is 11.4 Å². The molecule has 3 rings (SSSR count). The van der Waals surface area contributed by atoms with E-state index in [9.17, 15) is 0 Å². The van der Waals surface area contributed by atoms with Crippen LogP contribution in [0, 0.1) is 13.8 Å². The van der Waals surface area contributed by atoms with Crippen molar-refractivity contribution in [3.63, 3.8) is 0 Å². The van der Waals surface area contributed by atoms with Crippen molar-refractivity contribution in [2.75, 3.05) is 0 Å². The van der Waals surface area contributed by atoms with Crippen molar-refractivity contribution in [3.05, 3.63) is 72.1 Å². The quantitative estimate of drug-likeness (QED) is 0.641. The van der Waals surface area contributed by atoms with E-state index in [2.05, 4.69) is 67.4 Å². The number of hydrogen-bond acceptors (Lipinski definition) is 1. The zero-order chi connectivity index (χ0) is 14.1. The van der Waals surface area contributed by atoms with Gasteiger partial charge < -0.3 is 4.40 Å². The van der Waals surface area contributed by atoms with Gasteiger partial charge in [0.25, 0.3) is 0 Å². The molecule has 0 N–H and O–H groups in total. The van der Waals surface area contributed by atoms with E-state index < -0.39 is 0 Å². The van der Waals surface area contributed by atoms with Crippen LogP contribution in [-0.2, 0) is 6.42 Å². The van der Waals surface area contributed by atoms with Crippen LogP contribution in [0.25, 0.3) is 16.9 Å². The summed E-state index contributed by atoms with van der Waals surface area (Å²) in [6.07, 6.45) is 4.89. The van der Waals surface area contributed by atoms with Crippen LogP contribution in [0.3, 0.4) is 0 Å². The molecule has 0 bridgehead atoms. The number of imidazole rings is 1. The highest BCUT2D eigenvalue weighted by atomic mass is 15.0. The summed E-state index contributed by atoms with van der Waals surface area (Å²) in [7, 11) is 0. The predicted octanol–water partition coefficient (Wildman–Crippen LogP) is 4.35. The maximum Gasteiger partial charge on any atom is 0.137 e. The molecule has 0 aliphatic carbocycles. The van der Waals surface area contributed by atoms with Crippen molar-refractivity contribution in [2.45, 2.75) is 20.3 Å².